The number of nitrogens with zero attached hydrogens (tertiary/aromatic N) is 2. The van der Waals surface area contributed by atoms with Crippen molar-refractivity contribution < 1.29 is 29.7 Å². The van der Waals surface area contributed by atoms with Gasteiger partial charge in [-0.25, -0.2) is 9.59 Å². The van der Waals surface area contributed by atoms with E-state index in [9.17, 15) is 14.7 Å². The number of aromatic nitrogens is 2. The Bertz CT molecular complexity index is 657. The van der Waals surface area contributed by atoms with Crippen molar-refractivity contribution in [1.29, 1.82) is 0 Å². The molecule has 126 valence electrons. The summed E-state index contributed by atoms with van der Waals surface area (Å²) in [5.41, 5.74) is 1.26. The van der Waals surface area contributed by atoms with Crippen molar-refractivity contribution in [1.82, 2.24) is 9.55 Å². The van der Waals surface area contributed by atoms with Gasteiger partial charge >= 0.3 is 11.7 Å². The summed E-state index contributed by atoms with van der Waals surface area (Å²) in [5.74, 6) is -0.775. The molecule has 23 heavy (non-hydrogen) atoms. The topological polar surface area (TPSA) is 143 Å². The fourth-order valence-electron chi connectivity index (χ4n) is 2.18. The van der Waals surface area contributed by atoms with Crippen molar-refractivity contribution in [3.8, 4) is 0 Å². The highest BCUT2D eigenvalue weighted by atomic mass is 16.5. The number of aliphatic hydroxyl groups excluding tert-OH is 2. The average Bonchev–Trinajstić information content (AvgIpc) is 2.93. The summed E-state index contributed by atoms with van der Waals surface area (Å²) in [7, 11) is 1.21. The lowest BCUT2D eigenvalue weighted by Crippen LogP contribution is -2.28. The third-order valence-corrected chi connectivity index (χ3v) is 3.38. The highest BCUT2D eigenvalue weighted by Crippen LogP contribution is 2.28. The molecule has 3 atom stereocenters. The molecular formula is C13H17N3O7. The second-order valence-corrected chi connectivity index (χ2v) is 4.82. The van der Waals surface area contributed by atoms with E-state index in [1.165, 1.54) is 19.4 Å². The minimum absolute atomic E-state index is 0.0961. The molecule has 0 aliphatic carbocycles. The molecule has 0 radical (unpaired) electrons. The van der Waals surface area contributed by atoms with Crippen LogP contribution < -0.4 is 11.2 Å². The largest absolute Gasteiger partial charge is 0.466 e. The lowest BCUT2D eigenvalue weighted by Gasteiger charge is -2.15. The number of aliphatic hydroxyl groups is 2. The molecule has 0 aromatic carbocycles. The number of methoxy groups -OCH3 is 1. The van der Waals surface area contributed by atoms with Gasteiger partial charge in [0.1, 0.15) is 12.3 Å². The summed E-state index contributed by atoms with van der Waals surface area (Å²) in [6.45, 7) is -0.384. The first kappa shape index (κ1) is 17.1. The first-order valence-electron chi connectivity index (χ1n) is 6.73. The first-order valence-corrected chi connectivity index (χ1v) is 6.73. The Labute approximate surface area is 130 Å². The molecule has 0 spiro atoms. The monoisotopic (exact) mass is 327 g/mol. The molecule has 10 nitrogen and oxygen atoms in total. The van der Waals surface area contributed by atoms with Gasteiger partial charge in [-0.2, -0.15) is 4.98 Å². The SMILES string of the molecule is COC(=O)C=Cc1cn([C@H]2CC(O)[C@@H](CO)O2)c(=O)nc1NO. The van der Waals surface area contributed by atoms with Crippen LogP contribution in [0.2, 0.25) is 0 Å². The van der Waals surface area contributed by atoms with Crippen LogP contribution in [-0.4, -0.2) is 56.9 Å². The predicted molar refractivity (Wildman–Crippen MR) is 76.6 cm³/mol. The van der Waals surface area contributed by atoms with Crippen LogP contribution in [0.5, 0.6) is 0 Å². The van der Waals surface area contributed by atoms with Crippen molar-refractivity contribution in [3.05, 3.63) is 28.3 Å². The zero-order valence-corrected chi connectivity index (χ0v) is 12.2. The molecule has 10 heteroatoms. The molecule has 0 bridgehead atoms. The van der Waals surface area contributed by atoms with Crippen LogP contribution in [0.15, 0.2) is 17.1 Å². The van der Waals surface area contributed by atoms with Crippen LogP contribution in [0.3, 0.4) is 0 Å². The summed E-state index contributed by atoms with van der Waals surface area (Å²) in [6.07, 6.45) is 1.26. The van der Waals surface area contributed by atoms with Crippen LogP contribution >= 0.6 is 0 Å². The van der Waals surface area contributed by atoms with E-state index in [0.717, 1.165) is 10.6 Å². The van der Waals surface area contributed by atoms with E-state index < -0.39 is 30.1 Å². The van der Waals surface area contributed by atoms with Crippen molar-refractivity contribution >= 4 is 17.9 Å². The third kappa shape index (κ3) is 3.74. The number of anilines is 1. The average molecular weight is 327 g/mol. The Morgan fingerprint density at radius 1 is 1.65 bits per heavy atom. The lowest BCUT2D eigenvalue weighted by molar-refractivity contribution is -0.134. The van der Waals surface area contributed by atoms with Gasteiger partial charge in [-0.05, 0) is 6.08 Å². The molecule has 1 aromatic heterocycles. The standard InChI is InChI=1S/C13H17N3O7/c1-22-11(19)3-2-7-5-16(13(20)14-12(7)15-21)10-4-8(18)9(6-17)23-10/h2-3,5,8-10,17-18,21H,4,6H2,1H3,(H,14,15,20)/t8?,9-,10-/m1/s1. The van der Waals surface area contributed by atoms with E-state index in [0.29, 0.717) is 0 Å². The Balaban J connectivity index is 2.36. The summed E-state index contributed by atoms with van der Waals surface area (Å²) in [4.78, 5) is 26.8. The molecule has 1 aliphatic heterocycles. The van der Waals surface area contributed by atoms with Gasteiger partial charge in [0.15, 0.2) is 5.82 Å². The maximum Gasteiger partial charge on any atom is 0.351 e. The van der Waals surface area contributed by atoms with Crippen LogP contribution in [0.1, 0.15) is 18.2 Å². The Morgan fingerprint density at radius 2 is 2.39 bits per heavy atom. The number of carbonyl (C=O) groups is 1. The van der Waals surface area contributed by atoms with Gasteiger partial charge in [-0.3, -0.25) is 15.3 Å². The number of esters is 1. The highest BCUT2D eigenvalue weighted by molar-refractivity contribution is 5.87. The smallest absolute Gasteiger partial charge is 0.351 e. The van der Waals surface area contributed by atoms with Crippen LogP contribution in [-0.2, 0) is 14.3 Å². The van der Waals surface area contributed by atoms with Gasteiger partial charge in [0.05, 0.1) is 19.8 Å². The number of rotatable bonds is 5. The number of hydrogen-bond acceptors (Lipinski definition) is 9. The van der Waals surface area contributed by atoms with Crippen LogP contribution in [0, 0.1) is 0 Å². The van der Waals surface area contributed by atoms with Gasteiger partial charge in [0, 0.05) is 24.3 Å². The molecule has 1 saturated heterocycles. The van der Waals surface area contributed by atoms with E-state index in [1.807, 2.05) is 0 Å². The van der Waals surface area contributed by atoms with Crippen molar-refractivity contribution in [3.63, 3.8) is 0 Å². The third-order valence-electron chi connectivity index (χ3n) is 3.38. The van der Waals surface area contributed by atoms with E-state index >= 15 is 0 Å². The van der Waals surface area contributed by atoms with E-state index in [1.54, 1.807) is 5.48 Å². The van der Waals surface area contributed by atoms with Gasteiger partial charge in [-0.15, -0.1) is 0 Å². The van der Waals surface area contributed by atoms with Gasteiger partial charge in [0.25, 0.3) is 0 Å². The second-order valence-electron chi connectivity index (χ2n) is 4.82. The van der Waals surface area contributed by atoms with E-state index in [4.69, 9.17) is 15.1 Å². The predicted octanol–water partition coefficient (Wildman–Crippen LogP) is -1.13. The summed E-state index contributed by atoms with van der Waals surface area (Å²) < 4.78 is 11.0. The normalized spacial score (nSPS) is 24.1. The summed E-state index contributed by atoms with van der Waals surface area (Å²) in [6, 6.07) is 0. The molecule has 2 heterocycles. The molecule has 1 aromatic rings. The Morgan fingerprint density at radius 3 is 2.96 bits per heavy atom. The lowest BCUT2D eigenvalue weighted by atomic mass is 10.2. The van der Waals surface area contributed by atoms with Crippen LogP contribution in [0.25, 0.3) is 6.08 Å². The second kappa shape index (κ2) is 7.33. The number of nitrogens with one attached hydrogen (secondary N) is 1. The number of carbonyl (C=O) groups excluding carboxylic acids is 1. The maximum absolute atomic E-state index is 12.0. The summed E-state index contributed by atoms with van der Waals surface area (Å²) in [5, 5.41) is 27.9. The van der Waals surface area contributed by atoms with E-state index in [2.05, 4.69) is 9.72 Å². The molecule has 1 aliphatic rings. The molecule has 0 saturated carbocycles. The summed E-state index contributed by atoms with van der Waals surface area (Å²) >= 11 is 0. The van der Waals surface area contributed by atoms with Gasteiger partial charge < -0.3 is 19.7 Å². The van der Waals surface area contributed by atoms with Crippen LogP contribution in [0.4, 0.5) is 5.82 Å². The van der Waals surface area contributed by atoms with Crippen molar-refractivity contribution in [2.24, 2.45) is 0 Å². The molecular weight excluding hydrogens is 310 g/mol. The first-order chi connectivity index (χ1) is 11.0. The Hall–Kier alpha value is -2.27. The highest BCUT2D eigenvalue weighted by Gasteiger charge is 2.35. The fraction of sp³-hybridized carbons (Fsp3) is 0.462. The number of ether oxygens (including phenoxy) is 2. The molecule has 1 unspecified atom stereocenters. The number of hydrogen-bond donors (Lipinski definition) is 4. The zero-order chi connectivity index (χ0) is 17.0. The minimum atomic E-state index is -0.915. The Kier molecular flexibility index (Phi) is 5.45. The maximum atomic E-state index is 12.0. The zero-order valence-electron chi connectivity index (χ0n) is 12.2. The van der Waals surface area contributed by atoms with Gasteiger partial charge in [-0.1, -0.05) is 0 Å². The van der Waals surface area contributed by atoms with Crippen molar-refractivity contribution in [2.45, 2.75) is 24.9 Å². The molecule has 1 fully saturated rings. The van der Waals surface area contributed by atoms with Gasteiger partial charge in [0.2, 0.25) is 0 Å². The van der Waals surface area contributed by atoms with Crippen molar-refractivity contribution in [2.75, 3.05) is 19.2 Å². The molecule has 0 amide bonds. The fourth-order valence-corrected chi connectivity index (χ4v) is 2.18. The van der Waals surface area contributed by atoms with E-state index in [-0.39, 0.29) is 24.4 Å². The minimum Gasteiger partial charge on any atom is -0.466 e. The quantitative estimate of drug-likeness (QED) is 0.300. The molecule has 2 rings (SSSR count). The molecule has 4 N–H and O–H groups in total.